The van der Waals surface area contributed by atoms with E-state index in [1.165, 1.54) is 27.8 Å². The summed E-state index contributed by atoms with van der Waals surface area (Å²) in [4.78, 5) is 0. The Morgan fingerprint density at radius 2 is 1.70 bits per heavy atom. The van der Waals surface area contributed by atoms with Gasteiger partial charge >= 0.3 is 0 Å². The lowest BCUT2D eigenvalue weighted by Crippen LogP contribution is -2.13. The number of hydrogen-bond donors (Lipinski definition) is 1. The van der Waals surface area contributed by atoms with Crippen LogP contribution < -0.4 is 5.73 Å². The average molecular weight is 288 g/mol. The Morgan fingerprint density at radius 3 is 2.45 bits per heavy atom. The summed E-state index contributed by atoms with van der Waals surface area (Å²) in [6.07, 6.45) is 2.10. The second kappa shape index (κ2) is 5.99. The predicted molar refractivity (Wildman–Crippen MR) is 88.3 cm³/mol. The van der Waals surface area contributed by atoms with E-state index in [-0.39, 0.29) is 18.4 Å². The molecule has 0 fully saturated rings. The van der Waals surface area contributed by atoms with Gasteiger partial charge in [-0.1, -0.05) is 56.3 Å². The van der Waals surface area contributed by atoms with Crippen molar-refractivity contribution < 1.29 is 0 Å². The molecule has 0 bridgehead atoms. The molecule has 3 rings (SSSR count). The minimum atomic E-state index is 0. The van der Waals surface area contributed by atoms with Crippen LogP contribution in [0.2, 0.25) is 0 Å². The van der Waals surface area contributed by atoms with Gasteiger partial charge in [0.1, 0.15) is 0 Å². The van der Waals surface area contributed by atoms with Gasteiger partial charge in [0, 0.05) is 6.04 Å². The van der Waals surface area contributed by atoms with Gasteiger partial charge in [0.25, 0.3) is 0 Å². The second-order valence-electron chi connectivity index (χ2n) is 5.99. The highest BCUT2D eigenvalue weighted by molar-refractivity contribution is 5.85. The maximum Gasteiger partial charge on any atom is 0.0297 e. The van der Waals surface area contributed by atoms with Crippen LogP contribution in [0.15, 0.2) is 42.5 Å². The maximum atomic E-state index is 6.30. The minimum absolute atomic E-state index is 0. The number of rotatable bonds is 3. The molecule has 0 aliphatic heterocycles. The fourth-order valence-corrected chi connectivity index (χ4v) is 3.04. The molecule has 2 heteroatoms. The number of nitrogens with two attached hydrogens (primary N) is 1. The van der Waals surface area contributed by atoms with E-state index in [0.717, 1.165) is 12.8 Å². The number of hydrogen-bond acceptors (Lipinski definition) is 1. The SMILES string of the molecule is CC(C)C[C@H](N)c1ccc2c(c1)Cc1ccccc1-2.Cl. The van der Waals surface area contributed by atoms with E-state index in [1.54, 1.807) is 0 Å². The molecule has 2 aromatic carbocycles. The Balaban J connectivity index is 0.00000147. The van der Waals surface area contributed by atoms with E-state index in [1.807, 2.05) is 0 Å². The zero-order valence-electron chi connectivity index (χ0n) is 12.1. The fraction of sp³-hybridized carbons (Fsp3) is 0.333. The van der Waals surface area contributed by atoms with Gasteiger partial charge in [-0.05, 0) is 46.6 Å². The molecule has 2 N–H and O–H groups in total. The van der Waals surface area contributed by atoms with Gasteiger partial charge < -0.3 is 5.73 Å². The van der Waals surface area contributed by atoms with Crippen molar-refractivity contribution >= 4 is 12.4 Å². The van der Waals surface area contributed by atoms with Gasteiger partial charge in [0.2, 0.25) is 0 Å². The summed E-state index contributed by atoms with van der Waals surface area (Å²) < 4.78 is 0. The predicted octanol–water partition coefficient (Wildman–Crippen LogP) is 4.73. The molecule has 0 spiro atoms. The third-order valence-corrected chi connectivity index (χ3v) is 3.97. The zero-order valence-corrected chi connectivity index (χ0v) is 12.9. The quantitative estimate of drug-likeness (QED) is 0.741. The number of halogens is 1. The van der Waals surface area contributed by atoms with Crippen LogP contribution in [0.3, 0.4) is 0 Å². The largest absolute Gasteiger partial charge is 0.324 e. The van der Waals surface area contributed by atoms with Crippen molar-refractivity contribution in [3.63, 3.8) is 0 Å². The lowest BCUT2D eigenvalue weighted by atomic mass is 9.95. The first-order valence-electron chi connectivity index (χ1n) is 7.12. The van der Waals surface area contributed by atoms with E-state index in [4.69, 9.17) is 5.73 Å². The smallest absolute Gasteiger partial charge is 0.0297 e. The third-order valence-electron chi connectivity index (χ3n) is 3.97. The van der Waals surface area contributed by atoms with Crippen LogP contribution in [0.4, 0.5) is 0 Å². The van der Waals surface area contributed by atoms with Crippen molar-refractivity contribution in [3.05, 3.63) is 59.2 Å². The van der Waals surface area contributed by atoms with Gasteiger partial charge in [-0.2, -0.15) is 0 Å². The number of benzene rings is 2. The molecule has 1 atom stereocenters. The van der Waals surface area contributed by atoms with Gasteiger partial charge in [-0.3, -0.25) is 0 Å². The van der Waals surface area contributed by atoms with Gasteiger partial charge in [-0.25, -0.2) is 0 Å². The average Bonchev–Trinajstić information content (AvgIpc) is 2.75. The summed E-state index contributed by atoms with van der Waals surface area (Å²) in [5.74, 6) is 0.639. The van der Waals surface area contributed by atoms with Crippen molar-refractivity contribution in [3.8, 4) is 11.1 Å². The molecule has 0 saturated carbocycles. The first-order chi connectivity index (χ1) is 9.15. The summed E-state index contributed by atoms with van der Waals surface area (Å²) in [6, 6.07) is 15.6. The molecule has 0 heterocycles. The lowest BCUT2D eigenvalue weighted by molar-refractivity contribution is 0.510. The van der Waals surface area contributed by atoms with Crippen LogP contribution in [0.25, 0.3) is 11.1 Å². The zero-order chi connectivity index (χ0) is 13.4. The molecule has 0 saturated heterocycles. The molecular weight excluding hydrogens is 266 g/mol. The maximum absolute atomic E-state index is 6.30. The normalized spacial score (nSPS) is 13.6. The van der Waals surface area contributed by atoms with E-state index in [0.29, 0.717) is 5.92 Å². The Labute approximate surface area is 127 Å². The summed E-state index contributed by atoms with van der Waals surface area (Å²) in [5, 5.41) is 0. The first-order valence-corrected chi connectivity index (χ1v) is 7.12. The summed E-state index contributed by atoms with van der Waals surface area (Å²) in [7, 11) is 0. The van der Waals surface area contributed by atoms with Crippen molar-refractivity contribution in [1.29, 1.82) is 0 Å². The lowest BCUT2D eigenvalue weighted by Gasteiger charge is -2.15. The molecule has 106 valence electrons. The molecule has 0 amide bonds. The topological polar surface area (TPSA) is 26.0 Å². The fourth-order valence-electron chi connectivity index (χ4n) is 3.04. The van der Waals surface area contributed by atoms with Crippen LogP contribution >= 0.6 is 12.4 Å². The van der Waals surface area contributed by atoms with Crippen LogP contribution in [-0.4, -0.2) is 0 Å². The Hall–Kier alpha value is -1.31. The highest BCUT2D eigenvalue weighted by Crippen LogP contribution is 2.37. The molecular formula is C18H22ClN. The van der Waals surface area contributed by atoms with E-state index in [9.17, 15) is 0 Å². The highest BCUT2D eigenvalue weighted by atomic mass is 35.5. The molecule has 20 heavy (non-hydrogen) atoms. The van der Waals surface area contributed by atoms with Crippen molar-refractivity contribution in [1.82, 2.24) is 0 Å². The van der Waals surface area contributed by atoms with Gasteiger partial charge in [0.05, 0.1) is 0 Å². The highest BCUT2D eigenvalue weighted by Gasteiger charge is 2.19. The standard InChI is InChI=1S/C18H21N.ClH/c1-12(2)9-18(19)14-7-8-17-15(11-14)10-13-5-3-4-6-16(13)17;/h3-8,11-12,18H,9-10,19H2,1-2H3;1H/t18-;/m0./s1. The Bertz CT molecular complexity index is 604. The Morgan fingerprint density at radius 1 is 1.00 bits per heavy atom. The van der Waals surface area contributed by atoms with Crippen molar-refractivity contribution in [2.45, 2.75) is 32.7 Å². The van der Waals surface area contributed by atoms with Crippen LogP contribution in [0, 0.1) is 5.92 Å². The minimum Gasteiger partial charge on any atom is -0.324 e. The molecule has 0 radical (unpaired) electrons. The van der Waals surface area contributed by atoms with E-state index >= 15 is 0 Å². The second-order valence-corrected chi connectivity index (χ2v) is 5.99. The third kappa shape index (κ3) is 2.74. The summed E-state index contributed by atoms with van der Waals surface area (Å²) in [6.45, 7) is 4.45. The van der Waals surface area contributed by atoms with Crippen molar-refractivity contribution in [2.75, 3.05) is 0 Å². The van der Waals surface area contributed by atoms with Gasteiger partial charge in [0.15, 0.2) is 0 Å². The van der Waals surface area contributed by atoms with E-state index in [2.05, 4.69) is 56.3 Å². The first kappa shape index (κ1) is 15.1. The molecule has 1 aliphatic carbocycles. The molecule has 1 nitrogen and oxygen atoms in total. The van der Waals surface area contributed by atoms with Crippen molar-refractivity contribution in [2.24, 2.45) is 11.7 Å². The molecule has 0 unspecified atom stereocenters. The van der Waals surface area contributed by atoms with Crippen LogP contribution in [-0.2, 0) is 6.42 Å². The van der Waals surface area contributed by atoms with Crippen LogP contribution in [0.1, 0.15) is 43.0 Å². The molecule has 1 aliphatic rings. The number of fused-ring (bicyclic) bond motifs is 3. The monoisotopic (exact) mass is 287 g/mol. The van der Waals surface area contributed by atoms with E-state index < -0.39 is 0 Å². The molecule has 2 aromatic rings. The molecule has 0 aromatic heterocycles. The Kier molecular flexibility index (Phi) is 4.52. The summed E-state index contributed by atoms with van der Waals surface area (Å²) in [5.41, 5.74) is 13.2. The summed E-state index contributed by atoms with van der Waals surface area (Å²) >= 11 is 0. The van der Waals surface area contributed by atoms with Crippen LogP contribution in [0.5, 0.6) is 0 Å². The van der Waals surface area contributed by atoms with Gasteiger partial charge in [-0.15, -0.1) is 12.4 Å².